The Balaban J connectivity index is 1.39. The van der Waals surface area contributed by atoms with Gasteiger partial charge in [-0.1, -0.05) is 12.1 Å². The Morgan fingerprint density at radius 2 is 2.04 bits per heavy atom. The number of benzene rings is 1. The molecule has 0 aliphatic carbocycles. The van der Waals surface area contributed by atoms with Crippen LogP contribution in [-0.2, 0) is 4.79 Å². The van der Waals surface area contributed by atoms with Crippen molar-refractivity contribution >= 4 is 27.5 Å². The first-order valence-electron chi connectivity index (χ1n) is 8.66. The van der Waals surface area contributed by atoms with Gasteiger partial charge in [-0.25, -0.2) is 4.98 Å². The molecule has 1 N–H and O–H groups in total. The number of carbonyl (C=O) groups excluding carboxylic acids is 1. The average molecular weight is 329 g/mol. The van der Waals surface area contributed by atoms with Gasteiger partial charge in [0.25, 0.3) is 0 Å². The first-order chi connectivity index (χ1) is 11.3. The Bertz CT molecular complexity index is 651. The van der Waals surface area contributed by atoms with E-state index < -0.39 is 0 Å². The molecule has 23 heavy (non-hydrogen) atoms. The fraction of sp³-hybridized carbons (Fsp3) is 0.556. The third kappa shape index (κ3) is 3.12. The second-order valence-electron chi connectivity index (χ2n) is 6.66. The first kappa shape index (κ1) is 15.1. The summed E-state index contributed by atoms with van der Waals surface area (Å²) in [6, 6.07) is 8.35. The number of piperidine rings is 2. The minimum Gasteiger partial charge on any atom is -0.342 e. The van der Waals surface area contributed by atoms with E-state index in [1.165, 1.54) is 9.71 Å². The molecule has 0 radical (unpaired) electrons. The molecule has 2 aromatic rings. The highest BCUT2D eigenvalue weighted by Gasteiger charge is 2.30. The van der Waals surface area contributed by atoms with Gasteiger partial charge >= 0.3 is 0 Å². The van der Waals surface area contributed by atoms with Crippen LogP contribution in [0.2, 0.25) is 0 Å². The lowest BCUT2D eigenvalue weighted by molar-refractivity contribution is -0.137. The number of nitrogens with one attached hydrogen (secondary N) is 1. The topological polar surface area (TPSA) is 45.2 Å². The third-order valence-electron chi connectivity index (χ3n) is 5.11. The maximum absolute atomic E-state index is 12.6. The number of fused-ring (bicyclic) bond motifs is 1. The predicted molar refractivity (Wildman–Crippen MR) is 93.8 cm³/mol. The molecular formula is C18H23N3OS. The molecule has 2 saturated heterocycles. The van der Waals surface area contributed by atoms with E-state index in [9.17, 15) is 4.79 Å². The Morgan fingerprint density at radius 3 is 2.78 bits per heavy atom. The molecule has 1 atom stereocenters. The highest BCUT2D eigenvalue weighted by Crippen LogP contribution is 2.34. The van der Waals surface area contributed by atoms with E-state index in [1.807, 2.05) is 17.4 Å². The number of hydrogen-bond acceptors (Lipinski definition) is 4. The van der Waals surface area contributed by atoms with Gasteiger partial charge in [-0.15, -0.1) is 11.3 Å². The summed E-state index contributed by atoms with van der Waals surface area (Å²) < 4.78 is 1.27. The van der Waals surface area contributed by atoms with Gasteiger partial charge in [-0.2, -0.15) is 0 Å². The lowest BCUT2D eigenvalue weighted by Gasteiger charge is -2.34. The first-order valence-corrected chi connectivity index (χ1v) is 9.48. The zero-order valence-corrected chi connectivity index (χ0v) is 14.1. The molecule has 1 amide bonds. The molecule has 2 aliphatic rings. The van der Waals surface area contributed by atoms with Crippen molar-refractivity contribution in [2.75, 3.05) is 26.2 Å². The fourth-order valence-corrected chi connectivity index (χ4v) is 4.87. The van der Waals surface area contributed by atoms with Gasteiger partial charge in [0.1, 0.15) is 0 Å². The number of nitrogens with zero attached hydrogens (tertiary/aromatic N) is 2. The minimum absolute atomic E-state index is 0.197. The largest absolute Gasteiger partial charge is 0.342 e. The molecule has 122 valence electrons. The van der Waals surface area contributed by atoms with Crippen LogP contribution in [0.4, 0.5) is 0 Å². The molecule has 0 saturated carbocycles. The molecule has 1 aromatic heterocycles. The van der Waals surface area contributed by atoms with Gasteiger partial charge in [0.05, 0.1) is 21.1 Å². The maximum Gasteiger partial charge on any atom is 0.226 e. The maximum atomic E-state index is 12.6. The lowest BCUT2D eigenvalue weighted by atomic mass is 9.94. The second kappa shape index (κ2) is 6.57. The monoisotopic (exact) mass is 329 g/mol. The average Bonchev–Trinajstić information content (AvgIpc) is 3.06. The summed E-state index contributed by atoms with van der Waals surface area (Å²) in [7, 11) is 0. The lowest BCUT2D eigenvalue weighted by Crippen LogP contribution is -2.45. The highest BCUT2D eigenvalue weighted by atomic mass is 32.1. The number of hydrogen-bond donors (Lipinski definition) is 1. The van der Waals surface area contributed by atoms with Crippen molar-refractivity contribution in [2.45, 2.75) is 31.6 Å². The summed E-state index contributed by atoms with van der Waals surface area (Å²) in [5, 5.41) is 4.60. The van der Waals surface area contributed by atoms with Crippen LogP contribution in [0.25, 0.3) is 10.2 Å². The van der Waals surface area contributed by atoms with E-state index in [-0.39, 0.29) is 5.92 Å². The Kier molecular flexibility index (Phi) is 4.31. The minimum atomic E-state index is 0.197. The number of amides is 1. The molecule has 4 nitrogen and oxygen atoms in total. The standard InChI is InChI=1S/C18H23N3OS/c22-18(14-4-3-9-19-12-14)21-10-7-13(8-11-21)17-20-15-5-1-2-6-16(15)23-17/h1-2,5-6,13-14,19H,3-4,7-12H2. The van der Waals surface area contributed by atoms with E-state index >= 15 is 0 Å². The van der Waals surface area contributed by atoms with Crippen LogP contribution in [0.15, 0.2) is 24.3 Å². The summed E-state index contributed by atoms with van der Waals surface area (Å²) in [5.41, 5.74) is 1.11. The summed E-state index contributed by atoms with van der Waals surface area (Å²) in [4.78, 5) is 19.5. The number of thiazole rings is 1. The zero-order chi connectivity index (χ0) is 15.6. The number of rotatable bonds is 2. The smallest absolute Gasteiger partial charge is 0.226 e. The normalized spacial score (nSPS) is 23.3. The van der Waals surface area contributed by atoms with E-state index in [0.717, 1.165) is 57.4 Å². The van der Waals surface area contributed by atoms with Gasteiger partial charge in [-0.05, 0) is 44.4 Å². The predicted octanol–water partition coefficient (Wildman–Crippen LogP) is 3.00. The molecule has 3 heterocycles. The number of para-hydroxylation sites is 1. The van der Waals surface area contributed by atoms with Gasteiger partial charge in [0.2, 0.25) is 5.91 Å². The third-order valence-corrected chi connectivity index (χ3v) is 6.31. The van der Waals surface area contributed by atoms with Crippen LogP contribution in [0.5, 0.6) is 0 Å². The zero-order valence-electron chi connectivity index (χ0n) is 13.3. The molecule has 2 aliphatic heterocycles. The van der Waals surface area contributed by atoms with Crippen molar-refractivity contribution in [1.29, 1.82) is 0 Å². The van der Waals surface area contributed by atoms with Crippen molar-refractivity contribution in [3.63, 3.8) is 0 Å². The van der Waals surface area contributed by atoms with Crippen molar-refractivity contribution in [1.82, 2.24) is 15.2 Å². The van der Waals surface area contributed by atoms with E-state index in [1.54, 1.807) is 0 Å². The van der Waals surface area contributed by atoms with Crippen molar-refractivity contribution < 1.29 is 4.79 Å². The molecule has 2 fully saturated rings. The summed E-state index contributed by atoms with van der Waals surface area (Å²) in [6.07, 6.45) is 4.26. The summed E-state index contributed by atoms with van der Waals surface area (Å²) in [6.45, 7) is 3.69. The highest BCUT2D eigenvalue weighted by molar-refractivity contribution is 7.18. The van der Waals surface area contributed by atoms with Crippen LogP contribution < -0.4 is 5.32 Å². The van der Waals surface area contributed by atoms with Gasteiger partial charge < -0.3 is 10.2 Å². The van der Waals surface area contributed by atoms with Crippen LogP contribution in [0.3, 0.4) is 0 Å². The molecule has 5 heteroatoms. The van der Waals surface area contributed by atoms with Gasteiger partial charge in [0, 0.05) is 25.6 Å². The van der Waals surface area contributed by atoms with E-state index in [0.29, 0.717) is 11.8 Å². The van der Waals surface area contributed by atoms with Crippen LogP contribution in [0.1, 0.15) is 36.6 Å². The SMILES string of the molecule is O=C(C1CCCNC1)N1CCC(c2nc3ccccc3s2)CC1. The molecular weight excluding hydrogens is 306 g/mol. The van der Waals surface area contributed by atoms with Crippen LogP contribution >= 0.6 is 11.3 Å². The van der Waals surface area contributed by atoms with E-state index in [4.69, 9.17) is 4.98 Å². The molecule has 0 spiro atoms. The quantitative estimate of drug-likeness (QED) is 0.921. The summed E-state index contributed by atoms with van der Waals surface area (Å²) >= 11 is 1.82. The molecule has 0 bridgehead atoms. The van der Waals surface area contributed by atoms with Crippen molar-refractivity contribution in [2.24, 2.45) is 5.92 Å². The van der Waals surface area contributed by atoms with Gasteiger partial charge in [-0.3, -0.25) is 4.79 Å². The van der Waals surface area contributed by atoms with Crippen LogP contribution in [0, 0.1) is 5.92 Å². The molecule has 1 unspecified atom stereocenters. The Hall–Kier alpha value is -1.46. The van der Waals surface area contributed by atoms with Gasteiger partial charge in [0.15, 0.2) is 0 Å². The Morgan fingerprint density at radius 1 is 1.22 bits per heavy atom. The number of carbonyl (C=O) groups is 1. The molecule has 4 rings (SSSR count). The van der Waals surface area contributed by atoms with Crippen LogP contribution in [-0.4, -0.2) is 42.0 Å². The number of aromatic nitrogens is 1. The van der Waals surface area contributed by atoms with Crippen molar-refractivity contribution in [3.8, 4) is 0 Å². The van der Waals surface area contributed by atoms with E-state index in [2.05, 4.69) is 28.4 Å². The summed E-state index contributed by atoms with van der Waals surface area (Å²) in [5.74, 6) is 1.07. The van der Waals surface area contributed by atoms with Crippen molar-refractivity contribution in [3.05, 3.63) is 29.3 Å². The fourth-order valence-electron chi connectivity index (χ4n) is 3.73. The molecule has 1 aromatic carbocycles. The Labute approximate surface area is 140 Å². The second-order valence-corrected chi connectivity index (χ2v) is 7.72. The number of likely N-dealkylation sites (tertiary alicyclic amines) is 1.